The largest absolute Gasteiger partial charge is 0.495 e. The molecule has 1 unspecified atom stereocenters. The zero-order valence-corrected chi connectivity index (χ0v) is 19.1. The van der Waals surface area contributed by atoms with Crippen LogP contribution >= 0.6 is 34.4 Å². The van der Waals surface area contributed by atoms with Gasteiger partial charge in [0, 0.05) is 11.1 Å². The van der Waals surface area contributed by atoms with Crippen LogP contribution < -0.4 is 4.74 Å². The average Bonchev–Trinajstić information content (AvgIpc) is 3.53. The normalized spacial score (nSPS) is 11.8. The molecule has 0 aliphatic heterocycles. The van der Waals surface area contributed by atoms with Gasteiger partial charge in [0.15, 0.2) is 22.7 Å². The quantitative estimate of drug-likeness (QED) is 0.346. The fourth-order valence-electron chi connectivity index (χ4n) is 2.95. The van der Waals surface area contributed by atoms with Crippen LogP contribution in [0.4, 0.5) is 0 Å². The van der Waals surface area contributed by atoms with Gasteiger partial charge in [0.1, 0.15) is 10.8 Å². The zero-order chi connectivity index (χ0) is 21.8. The first-order chi connectivity index (χ1) is 15.1. The van der Waals surface area contributed by atoms with Crippen LogP contribution in [0.15, 0.2) is 52.3 Å². The Balaban J connectivity index is 1.66. The minimum atomic E-state index is -0.884. The second-order valence-corrected chi connectivity index (χ2v) is 9.21. The molecule has 156 valence electrons. The summed E-state index contributed by atoms with van der Waals surface area (Å²) >= 11 is 4.13. The summed E-state index contributed by atoms with van der Waals surface area (Å²) in [6.07, 6.45) is 0. The van der Waals surface area contributed by atoms with Crippen molar-refractivity contribution in [2.45, 2.75) is 18.0 Å². The van der Waals surface area contributed by atoms with Crippen LogP contribution in [0.2, 0.25) is 0 Å². The van der Waals surface area contributed by atoms with Crippen LogP contribution in [0.25, 0.3) is 16.4 Å². The molecule has 4 rings (SSSR count). The Kier molecular flexibility index (Phi) is 6.46. The van der Waals surface area contributed by atoms with Crippen molar-refractivity contribution in [3.63, 3.8) is 0 Å². The van der Waals surface area contributed by atoms with E-state index in [1.807, 2.05) is 58.6 Å². The predicted octanol–water partition coefficient (Wildman–Crippen LogP) is 4.74. The van der Waals surface area contributed by atoms with E-state index < -0.39 is 5.92 Å². The molecule has 0 aliphatic rings. The number of nitriles is 1. The Labute approximate surface area is 191 Å². The van der Waals surface area contributed by atoms with E-state index >= 15 is 0 Å². The van der Waals surface area contributed by atoms with Gasteiger partial charge in [0.2, 0.25) is 0 Å². The number of ether oxygens (including phenoxy) is 1. The summed E-state index contributed by atoms with van der Waals surface area (Å²) in [6, 6.07) is 13.6. The van der Waals surface area contributed by atoms with E-state index in [1.54, 1.807) is 18.4 Å². The summed E-state index contributed by atoms with van der Waals surface area (Å²) in [6.45, 7) is 1.84. The lowest BCUT2D eigenvalue weighted by molar-refractivity contribution is -0.116. The number of Topliss-reactive ketones (excluding diaryl/α,β-unsaturated/α-hetero) is 1. The van der Waals surface area contributed by atoms with Gasteiger partial charge in [-0.05, 0) is 30.5 Å². The minimum absolute atomic E-state index is 0.0780. The number of aryl methyl sites for hydroxylation is 1. The number of methoxy groups -OCH3 is 1. The zero-order valence-electron chi connectivity index (χ0n) is 16.7. The highest BCUT2D eigenvalue weighted by Gasteiger charge is 2.25. The molecule has 0 aliphatic carbocycles. The first-order valence-corrected chi connectivity index (χ1v) is 12.0. The average molecular weight is 468 g/mol. The lowest BCUT2D eigenvalue weighted by atomic mass is 10.1. The molecule has 7 nitrogen and oxygen atoms in total. The third-order valence-corrected chi connectivity index (χ3v) is 7.22. The molecular weight excluding hydrogens is 450 g/mol. The molecule has 0 radical (unpaired) electrons. The van der Waals surface area contributed by atoms with Gasteiger partial charge in [0.25, 0.3) is 0 Å². The van der Waals surface area contributed by atoms with E-state index in [0.717, 1.165) is 16.3 Å². The summed E-state index contributed by atoms with van der Waals surface area (Å²) in [4.78, 5) is 18.1. The van der Waals surface area contributed by atoms with Crippen LogP contribution in [-0.4, -0.2) is 38.4 Å². The van der Waals surface area contributed by atoms with Crippen LogP contribution in [0.5, 0.6) is 5.75 Å². The van der Waals surface area contributed by atoms with Gasteiger partial charge in [-0.15, -0.1) is 32.9 Å². The van der Waals surface area contributed by atoms with E-state index in [1.165, 1.54) is 23.1 Å². The Hall–Kier alpha value is -3.00. The van der Waals surface area contributed by atoms with Crippen LogP contribution in [0.3, 0.4) is 0 Å². The molecule has 10 heteroatoms. The molecule has 31 heavy (non-hydrogen) atoms. The Morgan fingerprint density at radius 3 is 2.77 bits per heavy atom. The maximum Gasteiger partial charge on any atom is 0.196 e. The topological polar surface area (TPSA) is 93.7 Å². The van der Waals surface area contributed by atoms with Gasteiger partial charge in [-0.1, -0.05) is 30.0 Å². The molecule has 1 aromatic carbocycles. The number of benzene rings is 1. The van der Waals surface area contributed by atoms with Gasteiger partial charge < -0.3 is 4.74 Å². The number of thiophene rings is 1. The maximum atomic E-state index is 12.8. The molecular formula is C21H17N5O2S3. The number of ketones is 1. The summed E-state index contributed by atoms with van der Waals surface area (Å²) in [7, 11) is 1.61. The molecule has 0 fully saturated rings. The van der Waals surface area contributed by atoms with Crippen LogP contribution in [0, 0.1) is 18.3 Å². The van der Waals surface area contributed by atoms with Crippen molar-refractivity contribution >= 4 is 40.2 Å². The van der Waals surface area contributed by atoms with Crippen molar-refractivity contribution in [2.24, 2.45) is 0 Å². The Bertz CT molecular complexity index is 1240. The van der Waals surface area contributed by atoms with E-state index in [2.05, 4.69) is 21.3 Å². The fourth-order valence-corrected chi connectivity index (χ4v) is 5.36. The molecule has 0 amide bonds. The number of hydrogen-bond acceptors (Lipinski definition) is 9. The second-order valence-electron chi connectivity index (χ2n) is 6.43. The van der Waals surface area contributed by atoms with E-state index in [0.29, 0.717) is 21.7 Å². The molecule has 3 aromatic heterocycles. The van der Waals surface area contributed by atoms with Crippen molar-refractivity contribution in [3.8, 4) is 28.2 Å². The lowest BCUT2D eigenvalue weighted by Crippen LogP contribution is -2.14. The summed E-state index contributed by atoms with van der Waals surface area (Å²) in [5, 5.41) is 23.1. The Morgan fingerprint density at radius 1 is 1.26 bits per heavy atom. The standard InChI is InChI=1S/C21H17N5O2S3/c1-13-11-30-20(23-13)14(10-22)16(27)12-31-21-25-24-19(18-8-5-9-29-18)26(21)15-6-3-4-7-17(15)28-2/h3-9,11,14H,12H2,1-2H3. The van der Waals surface area contributed by atoms with Crippen molar-refractivity contribution in [1.82, 2.24) is 19.7 Å². The third kappa shape index (κ3) is 4.39. The first-order valence-electron chi connectivity index (χ1n) is 9.22. The van der Waals surface area contributed by atoms with E-state index in [-0.39, 0.29) is 11.5 Å². The van der Waals surface area contributed by atoms with Gasteiger partial charge in [-0.25, -0.2) is 4.98 Å². The third-order valence-electron chi connectivity index (χ3n) is 4.38. The van der Waals surface area contributed by atoms with E-state index in [9.17, 15) is 10.1 Å². The summed E-state index contributed by atoms with van der Waals surface area (Å²) in [5.74, 6) is 0.317. The number of aromatic nitrogens is 4. The number of hydrogen-bond donors (Lipinski definition) is 0. The SMILES string of the molecule is COc1ccccc1-n1c(SCC(=O)C(C#N)c2nc(C)cs2)nnc1-c1cccs1. The van der Waals surface area contributed by atoms with E-state index in [4.69, 9.17) is 4.74 Å². The van der Waals surface area contributed by atoms with Crippen molar-refractivity contribution < 1.29 is 9.53 Å². The lowest BCUT2D eigenvalue weighted by Gasteiger charge is -2.13. The minimum Gasteiger partial charge on any atom is -0.495 e. The van der Waals surface area contributed by atoms with Crippen LogP contribution in [0.1, 0.15) is 16.6 Å². The van der Waals surface area contributed by atoms with Gasteiger partial charge in [-0.2, -0.15) is 5.26 Å². The van der Waals surface area contributed by atoms with Crippen molar-refractivity contribution in [1.29, 1.82) is 5.26 Å². The number of nitrogens with zero attached hydrogens (tertiary/aromatic N) is 5. The molecule has 4 aromatic rings. The molecule has 0 spiro atoms. The van der Waals surface area contributed by atoms with Crippen LogP contribution in [-0.2, 0) is 4.79 Å². The number of thioether (sulfide) groups is 1. The van der Waals surface area contributed by atoms with Crippen molar-refractivity contribution in [3.05, 3.63) is 57.9 Å². The first kappa shape index (κ1) is 21.2. The molecule has 3 heterocycles. The smallest absolute Gasteiger partial charge is 0.196 e. The predicted molar refractivity (Wildman–Crippen MR) is 122 cm³/mol. The number of carbonyl (C=O) groups excluding carboxylic acids is 1. The van der Waals surface area contributed by atoms with Crippen molar-refractivity contribution in [2.75, 3.05) is 12.9 Å². The number of carbonyl (C=O) groups is 1. The molecule has 1 atom stereocenters. The number of thiazole rings is 1. The highest BCUT2D eigenvalue weighted by Crippen LogP contribution is 2.34. The second kappa shape index (κ2) is 9.43. The fraction of sp³-hybridized carbons (Fsp3) is 0.190. The maximum absolute atomic E-state index is 12.8. The number of rotatable bonds is 8. The molecule has 0 bridgehead atoms. The molecule has 0 saturated carbocycles. The van der Waals surface area contributed by atoms with Gasteiger partial charge >= 0.3 is 0 Å². The monoisotopic (exact) mass is 467 g/mol. The summed E-state index contributed by atoms with van der Waals surface area (Å²) < 4.78 is 7.43. The molecule has 0 saturated heterocycles. The summed E-state index contributed by atoms with van der Waals surface area (Å²) in [5.41, 5.74) is 1.58. The highest BCUT2D eigenvalue weighted by atomic mass is 32.2. The Morgan fingerprint density at radius 2 is 2.10 bits per heavy atom. The van der Waals surface area contributed by atoms with Gasteiger partial charge in [0.05, 0.1) is 29.5 Å². The molecule has 0 N–H and O–H groups in total. The highest BCUT2D eigenvalue weighted by molar-refractivity contribution is 7.99. The van der Waals surface area contributed by atoms with Gasteiger partial charge in [-0.3, -0.25) is 9.36 Å². The number of para-hydroxylation sites is 2.